The second-order valence-corrected chi connectivity index (χ2v) is 13.0. The Kier molecular flexibility index (Phi) is 8.07. The highest BCUT2D eigenvalue weighted by molar-refractivity contribution is 6.33. The second kappa shape index (κ2) is 11.7. The number of carbonyl (C=O) groups excluding carboxylic acids is 1. The van der Waals surface area contributed by atoms with Gasteiger partial charge in [-0.3, -0.25) is 4.79 Å². The summed E-state index contributed by atoms with van der Waals surface area (Å²) in [6.07, 6.45) is 7.30. The summed E-state index contributed by atoms with van der Waals surface area (Å²) in [5.74, 6) is 3.43. The molecule has 40 heavy (non-hydrogen) atoms. The molecule has 3 aromatic rings. The average molecular weight is 579 g/mol. The zero-order valence-electron chi connectivity index (χ0n) is 23.2. The Labute approximate surface area is 247 Å². The molecule has 4 aliphatic rings. The van der Waals surface area contributed by atoms with E-state index in [9.17, 15) is 4.79 Å². The maximum Gasteiger partial charge on any atom is 0.270 e. The number of pyridine rings is 1. The smallest absolute Gasteiger partial charge is 0.270 e. The normalized spacial score (nSPS) is 24.9. The fourth-order valence-corrected chi connectivity index (χ4v) is 7.82. The van der Waals surface area contributed by atoms with Gasteiger partial charge in [-0.2, -0.15) is 0 Å². The predicted octanol–water partition coefficient (Wildman–Crippen LogP) is 7.61. The molecule has 0 unspecified atom stereocenters. The Balaban J connectivity index is 1.31. The lowest BCUT2D eigenvalue weighted by atomic mass is 9.54. The summed E-state index contributed by atoms with van der Waals surface area (Å²) in [7, 11) is 4.09. The highest BCUT2D eigenvalue weighted by Crippen LogP contribution is 2.53. The molecule has 0 atom stereocenters. The van der Waals surface area contributed by atoms with Crippen LogP contribution < -0.4 is 10.1 Å². The molecule has 1 aromatic heterocycles. The molecule has 7 rings (SSSR count). The van der Waals surface area contributed by atoms with Gasteiger partial charge in [0.05, 0.1) is 17.3 Å². The zero-order chi connectivity index (χ0) is 27.8. The molecule has 1 amide bonds. The van der Waals surface area contributed by atoms with Crippen LogP contribution in [0.1, 0.15) is 49.0 Å². The van der Waals surface area contributed by atoms with Crippen LogP contribution in [0.5, 0.6) is 5.75 Å². The van der Waals surface area contributed by atoms with Crippen LogP contribution in [0.4, 0.5) is 0 Å². The number of carbonyl (C=O) groups is 1. The van der Waals surface area contributed by atoms with Crippen LogP contribution in [-0.4, -0.2) is 49.1 Å². The van der Waals surface area contributed by atoms with Crippen molar-refractivity contribution in [2.45, 2.75) is 44.6 Å². The number of nitrogens with one attached hydrogen (secondary N) is 1. The Bertz CT molecular complexity index is 1360. The van der Waals surface area contributed by atoms with E-state index in [0.29, 0.717) is 45.6 Å². The van der Waals surface area contributed by atoms with Crippen LogP contribution in [0.2, 0.25) is 10.0 Å². The van der Waals surface area contributed by atoms with E-state index in [4.69, 9.17) is 32.9 Å². The topological polar surface area (TPSA) is 54.5 Å². The predicted molar refractivity (Wildman–Crippen MR) is 162 cm³/mol. The van der Waals surface area contributed by atoms with E-state index in [1.807, 2.05) is 68.7 Å². The molecule has 0 radical (unpaired) electrons. The molecule has 4 aliphatic carbocycles. The van der Waals surface area contributed by atoms with Gasteiger partial charge in [-0.15, -0.1) is 0 Å². The van der Waals surface area contributed by atoms with Crippen molar-refractivity contribution in [3.63, 3.8) is 0 Å². The van der Waals surface area contributed by atoms with Crippen molar-refractivity contribution in [1.29, 1.82) is 0 Å². The van der Waals surface area contributed by atoms with Crippen molar-refractivity contribution >= 4 is 29.1 Å². The van der Waals surface area contributed by atoms with Crippen LogP contribution >= 0.6 is 23.2 Å². The first-order chi connectivity index (χ1) is 19.4. The minimum atomic E-state index is -0.0986. The summed E-state index contributed by atoms with van der Waals surface area (Å²) in [4.78, 5) is 20.7. The van der Waals surface area contributed by atoms with Gasteiger partial charge in [-0.05, 0) is 107 Å². The lowest BCUT2D eigenvalue weighted by molar-refractivity contribution is -0.0120. The van der Waals surface area contributed by atoms with Gasteiger partial charge in [-0.1, -0.05) is 47.5 Å². The van der Waals surface area contributed by atoms with Crippen LogP contribution in [-0.2, 0) is 0 Å². The molecule has 7 heteroatoms. The van der Waals surface area contributed by atoms with Gasteiger partial charge in [0.25, 0.3) is 5.91 Å². The number of halogens is 2. The van der Waals surface area contributed by atoms with E-state index in [2.05, 4.69) is 10.2 Å². The summed E-state index contributed by atoms with van der Waals surface area (Å²) in [6.45, 7) is 1.48. The fraction of sp³-hybridized carbons (Fsp3) is 0.455. The van der Waals surface area contributed by atoms with Gasteiger partial charge in [0.1, 0.15) is 11.4 Å². The number of nitrogens with zero attached hydrogens (tertiary/aromatic N) is 2. The first-order valence-corrected chi connectivity index (χ1v) is 15.3. The molecule has 4 bridgehead atoms. The lowest BCUT2D eigenvalue weighted by Gasteiger charge is -2.54. The number of benzene rings is 2. The molecule has 0 aliphatic heterocycles. The third-order valence-corrected chi connectivity index (χ3v) is 9.67. The molecule has 4 fully saturated rings. The maximum atomic E-state index is 13.6. The molecule has 1 N–H and O–H groups in total. The second-order valence-electron chi connectivity index (χ2n) is 12.2. The third kappa shape index (κ3) is 5.74. The van der Waals surface area contributed by atoms with Crippen molar-refractivity contribution in [1.82, 2.24) is 15.2 Å². The fourth-order valence-electron chi connectivity index (χ4n) is 7.41. The van der Waals surface area contributed by atoms with Crippen molar-refractivity contribution in [3.05, 3.63) is 70.3 Å². The molecular weight excluding hydrogens is 541 g/mol. The Morgan fingerprint density at radius 3 is 2.35 bits per heavy atom. The van der Waals surface area contributed by atoms with Crippen molar-refractivity contribution < 1.29 is 9.53 Å². The summed E-state index contributed by atoms with van der Waals surface area (Å²) < 4.78 is 6.06. The van der Waals surface area contributed by atoms with Crippen molar-refractivity contribution in [2.24, 2.45) is 23.7 Å². The molecular formula is C33H37Cl2N3O2. The Morgan fingerprint density at radius 1 is 0.925 bits per heavy atom. The van der Waals surface area contributed by atoms with E-state index in [1.54, 1.807) is 0 Å². The SMILES string of the molecule is CN(C)CCCOc1cc(-c2nc(C(=O)NC3C4CC5CC(C4)CC3C5)ccc2-c2ccccc2Cl)ccc1Cl. The molecule has 0 spiro atoms. The Morgan fingerprint density at radius 2 is 1.65 bits per heavy atom. The first kappa shape index (κ1) is 27.6. The molecule has 4 saturated carbocycles. The van der Waals surface area contributed by atoms with Gasteiger partial charge in [-0.25, -0.2) is 4.98 Å². The number of aromatic nitrogens is 1. The summed E-state index contributed by atoms with van der Waals surface area (Å²) in [5, 5.41) is 4.59. The third-order valence-electron chi connectivity index (χ3n) is 9.03. The number of amides is 1. The quantitative estimate of drug-likeness (QED) is 0.266. The zero-order valence-corrected chi connectivity index (χ0v) is 24.7. The number of hydrogen-bond donors (Lipinski definition) is 1. The van der Waals surface area contributed by atoms with Gasteiger partial charge < -0.3 is 15.0 Å². The molecule has 2 aromatic carbocycles. The number of ether oxygens (including phenoxy) is 1. The standard InChI is InChI=1S/C33H37Cl2N3O2/c1-38(2)12-5-13-40-30-19-22(8-10-28(30)35)32-26(25-6-3-4-7-27(25)34)9-11-29(36-32)33(39)37-31-23-15-20-14-21(17-23)18-24(31)16-20/h3-4,6-11,19-21,23-24,31H,5,12-18H2,1-2H3,(H,37,39). The van der Waals surface area contributed by atoms with Crippen LogP contribution in [0.15, 0.2) is 54.6 Å². The van der Waals surface area contributed by atoms with Gasteiger partial charge in [0, 0.05) is 34.3 Å². The number of hydrogen-bond acceptors (Lipinski definition) is 4. The van der Waals surface area contributed by atoms with Crippen molar-refractivity contribution in [3.8, 4) is 28.1 Å². The maximum absolute atomic E-state index is 13.6. The summed E-state index contributed by atoms with van der Waals surface area (Å²) in [6, 6.07) is 17.4. The Hall–Kier alpha value is -2.60. The minimum Gasteiger partial charge on any atom is -0.492 e. The van der Waals surface area contributed by atoms with Gasteiger partial charge >= 0.3 is 0 Å². The average Bonchev–Trinajstić information content (AvgIpc) is 2.93. The van der Waals surface area contributed by atoms with Crippen molar-refractivity contribution in [2.75, 3.05) is 27.2 Å². The summed E-state index contributed by atoms with van der Waals surface area (Å²) >= 11 is 13.1. The lowest BCUT2D eigenvalue weighted by Crippen LogP contribution is -2.55. The minimum absolute atomic E-state index is 0.0986. The highest BCUT2D eigenvalue weighted by atomic mass is 35.5. The van der Waals surface area contributed by atoms with Gasteiger partial charge in [0.15, 0.2) is 0 Å². The van der Waals surface area contributed by atoms with Crippen LogP contribution in [0.3, 0.4) is 0 Å². The molecule has 1 heterocycles. The summed E-state index contributed by atoms with van der Waals surface area (Å²) in [5.41, 5.74) is 3.65. The highest BCUT2D eigenvalue weighted by Gasteiger charge is 2.48. The van der Waals surface area contributed by atoms with E-state index in [-0.39, 0.29) is 11.9 Å². The van der Waals surface area contributed by atoms with Crippen LogP contribution in [0.25, 0.3) is 22.4 Å². The largest absolute Gasteiger partial charge is 0.492 e. The molecule has 0 saturated heterocycles. The molecule has 5 nitrogen and oxygen atoms in total. The van der Waals surface area contributed by atoms with E-state index in [1.165, 1.54) is 32.1 Å². The monoisotopic (exact) mass is 577 g/mol. The van der Waals surface area contributed by atoms with E-state index in [0.717, 1.165) is 41.5 Å². The van der Waals surface area contributed by atoms with Crippen LogP contribution in [0, 0.1) is 23.7 Å². The number of rotatable bonds is 9. The van der Waals surface area contributed by atoms with E-state index < -0.39 is 0 Å². The van der Waals surface area contributed by atoms with E-state index >= 15 is 0 Å². The van der Waals surface area contributed by atoms with Gasteiger partial charge in [0.2, 0.25) is 0 Å². The molecule has 210 valence electrons. The first-order valence-electron chi connectivity index (χ1n) is 14.5.